The Morgan fingerprint density at radius 1 is 0.368 bits per heavy atom. The maximum Gasteiger partial charge on any atom is 0.159 e. The van der Waals surface area contributed by atoms with E-state index in [0.717, 1.165) is 66.8 Å². The van der Waals surface area contributed by atoms with Gasteiger partial charge in [0.05, 0.1) is 22.4 Å². The standard InChI is InChI=1S/C34H22N4/c1-2-6-24(7-3-1)30-18-16-25-12-13-26-17-19-31(38-33(26)32(25)37-30)29-9-4-8-28(22-29)23-10-14-27(15-11-23)34-35-20-5-21-36-34/h1-22H. The van der Waals surface area contributed by atoms with Crippen LogP contribution in [-0.4, -0.2) is 19.9 Å². The van der Waals surface area contributed by atoms with Crippen LogP contribution in [0.15, 0.2) is 134 Å². The van der Waals surface area contributed by atoms with E-state index in [0.29, 0.717) is 0 Å². The number of aromatic nitrogens is 4. The normalized spacial score (nSPS) is 11.2. The third-order valence-corrected chi connectivity index (χ3v) is 6.79. The molecule has 0 aliphatic rings. The first-order valence-electron chi connectivity index (χ1n) is 12.6. The molecule has 38 heavy (non-hydrogen) atoms. The average molecular weight is 487 g/mol. The Morgan fingerprint density at radius 2 is 0.921 bits per heavy atom. The summed E-state index contributed by atoms with van der Waals surface area (Å²) in [5.74, 6) is 0.726. The molecule has 4 nitrogen and oxygen atoms in total. The molecule has 3 aromatic heterocycles. The minimum absolute atomic E-state index is 0.726. The highest BCUT2D eigenvalue weighted by atomic mass is 14.8. The van der Waals surface area contributed by atoms with Gasteiger partial charge in [0.2, 0.25) is 0 Å². The molecule has 178 valence electrons. The highest BCUT2D eigenvalue weighted by molar-refractivity contribution is 6.04. The molecular formula is C34H22N4. The van der Waals surface area contributed by atoms with Crippen LogP contribution in [0.5, 0.6) is 0 Å². The fourth-order valence-electron chi connectivity index (χ4n) is 4.82. The van der Waals surface area contributed by atoms with Gasteiger partial charge in [0.15, 0.2) is 5.82 Å². The minimum Gasteiger partial charge on any atom is -0.245 e. The SMILES string of the molecule is c1ccc(-c2ccc3ccc4ccc(-c5cccc(-c6ccc(-c7ncccn7)cc6)c5)nc4c3n2)cc1. The van der Waals surface area contributed by atoms with Crippen LogP contribution in [0.1, 0.15) is 0 Å². The van der Waals surface area contributed by atoms with Gasteiger partial charge in [0, 0.05) is 39.9 Å². The lowest BCUT2D eigenvalue weighted by atomic mass is 10.00. The van der Waals surface area contributed by atoms with Gasteiger partial charge in [0.1, 0.15) is 0 Å². The van der Waals surface area contributed by atoms with Crippen LogP contribution in [0.3, 0.4) is 0 Å². The van der Waals surface area contributed by atoms with Gasteiger partial charge in [-0.2, -0.15) is 0 Å². The molecule has 0 saturated heterocycles. The third-order valence-electron chi connectivity index (χ3n) is 6.79. The van der Waals surface area contributed by atoms with Gasteiger partial charge in [-0.1, -0.05) is 97.1 Å². The Labute approximate surface area is 220 Å². The van der Waals surface area contributed by atoms with Gasteiger partial charge >= 0.3 is 0 Å². The molecule has 4 aromatic carbocycles. The molecule has 0 radical (unpaired) electrons. The maximum absolute atomic E-state index is 5.12. The van der Waals surface area contributed by atoms with Crippen molar-refractivity contribution in [2.24, 2.45) is 0 Å². The van der Waals surface area contributed by atoms with E-state index in [9.17, 15) is 0 Å². The Kier molecular flexibility index (Phi) is 5.41. The lowest BCUT2D eigenvalue weighted by Crippen LogP contribution is -1.91. The van der Waals surface area contributed by atoms with Crippen molar-refractivity contribution in [3.63, 3.8) is 0 Å². The van der Waals surface area contributed by atoms with Crippen LogP contribution in [0.25, 0.3) is 66.8 Å². The number of fused-ring (bicyclic) bond motifs is 3. The first kappa shape index (κ1) is 22.0. The number of rotatable bonds is 4. The number of hydrogen-bond donors (Lipinski definition) is 0. The minimum atomic E-state index is 0.726. The highest BCUT2D eigenvalue weighted by Gasteiger charge is 2.10. The van der Waals surface area contributed by atoms with Gasteiger partial charge in [0.25, 0.3) is 0 Å². The zero-order valence-electron chi connectivity index (χ0n) is 20.5. The summed E-state index contributed by atoms with van der Waals surface area (Å²) < 4.78 is 0. The molecule has 0 aliphatic heterocycles. The summed E-state index contributed by atoms with van der Waals surface area (Å²) in [4.78, 5) is 18.9. The number of nitrogens with zero attached hydrogens (tertiary/aromatic N) is 4. The molecule has 3 heterocycles. The molecule has 7 rings (SSSR count). The molecule has 4 heteroatoms. The molecular weight excluding hydrogens is 464 g/mol. The van der Waals surface area contributed by atoms with Crippen LogP contribution in [-0.2, 0) is 0 Å². The second-order valence-electron chi connectivity index (χ2n) is 9.20. The molecule has 0 amide bonds. The summed E-state index contributed by atoms with van der Waals surface area (Å²) in [5, 5.41) is 2.16. The van der Waals surface area contributed by atoms with E-state index < -0.39 is 0 Å². The fourth-order valence-corrected chi connectivity index (χ4v) is 4.82. The smallest absolute Gasteiger partial charge is 0.159 e. The van der Waals surface area contributed by atoms with Crippen molar-refractivity contribution in [3.8, 4) is 45.0 Å². The molecule has 0 aliphatic carbocycles. The van der Waals surface area contributed by atoms with Crippen molar-refractivity contribution in [2.75, 3.05) is 0 Å². The quantitative estimate of drug-likeness (QED) is 0.235. The van der Waals surface area contributed by atoms with Crippen LogP contribution < -0.4 is 0 Å². The van der Waals surface area contributed by atoms with Gasteiger partial charge in [-0.05, 0) is 35.4 Å². The van der Waals surface area contributed by atoms with Gasteiger partial charge in [-0.3, -0.25) is 0 Å². The third kappa shape index (κ3) is 4.08. The van der Waals surface area contributed by atoms with Crippen molar-refractivity contribution in [2.45, 2.75) is 0 Å². The molecule has 0 fully saturated rings. The summed E-state index contributed by atoms with van der Waals surface area (Å²) in [6.45, 7) is 0. The van der Waals surface area contributed by atoms with Gasteiger partial charge in [-0.15, -0.1) is 0 Å². The number of pyridine rings is 2. The first-order valence-corrected chi connectivity index (χ1v) is 12.6. The van der Waals surface area contributed by atoms with Gasteiger partial charge in [-0.25, -0.2) is 19.9 Å². The summed E-state index contributed by atoms with van der Waals surface area (Å²) in [6, 6.07) is 41.6. The van der Waals surface area contributed by atoms with E-state index in [1.54, 1.807) is 12.4 Å². The number of hydrogen-bond acceptors (Lipinski definition) is 4. The lowest BCUT2D eigenvalue weighted by molar-refractivity contribution is 1.18. The summed E-state index contributed by atoms with van der Waals surface area (Å²) in [7, 11) is 0. The van der Waals surface area contributed by atoms with E-state index in [4.69, 9.17) is 9.97 Å². The summed E-state index contributed by atoms with van der Waals surface area (Å²) in [6.07, 6.45) is 3.52. The van der Waals surface area contributed by atoms with E-state index in [1.165, 1.54) is 0 Å². The zero-order chi connectivity index (χ0) is 25.3. The lowest BCUT2D eigenvalue weighted by Gasteiger charge is -2.09. The van der Waals surface area contributed by atoms with E-state index in [-0.39, 0.29) is 0 Å². The van der Waals surface area contributed by atoms with E-state index in [1.807, 2.05) is 24.3 Å². The average Bonchev–Trinajstić information content (AvgIpc) is 3.01. The largest absolute Gasteiger partial charge is 0.245 e. The van der Waals surface area contributed by atoms with Crippen molar-refractivity contribution < 1.29 is 0 Å². The van der Waals surface area contributed by atoms with Crippen molar-refractivity contribution >= 4 is 21.8 Å². The predicted octanol–water partition coefficient (Wildman–Crippen LogP) is 8.24. The molecule has 0 atom stereocenters. The maximum atomic E-state index is 5.12. The second kappa shape index (κ2) is 9.34. The fraction of sp³-hybridized carbons (Fsp3) is 0. The first-order chi connectivity index (χ1) is 18.8. The topological polar surface area (TPSA) is 51.6 Å². The Balaban J connectivity index is 1.29. The molecule has 0 unspecified atom stereocenters. The van der Waals surface area contributed by atoms with Crippen LogP contribution >= 0.6 is 0 Å². The molecule has 7 aromatic rings. The molecule has 0 bridgehead atoms. The zero-order valence-corrected chi connectivity index (χ0v) is 20.5. The van der Waals surface area contributed by atoms with Crippen molar-refractivity contribution in [1.29, 1.82) is 0 Å². The Morgan fingerprint density at radius 3 is 1.61 bits per heavy atom. The van der Waals surface area contributed by atoms with E-state index in [2.05, 4.69) is 107 Å². The second-order valence-corrected chi connectivity index (χ2v) is 9.20. The summed E-state index contributed by atoms with van der Waals surface area (Å²) in [5.41, 5.74) is 9.12. The Hall–Kier alpha value is -5.22. The van der Waals surface area contributed by atoms with E-state index >= 15 is 0 Å². The van der Waals surface area contributed by atoms with Crippen LogP contribution in [0, 0.1) is 0 Å². The monoisotopic (exact) mass is 486 g/mol. The Bertz CT molecular complexity index is 1900. The molecule has 0 spiro atoms. The predicted molar refractivity (Wildman–Crippen MR) is 154 cm³/mol. The van der Waals surface area contributed by atoms with Crippen molar-refractivity contribution in [3.05, 3.63) is 134 Å². The van der Waals surface area contributed by atoms with Crippen LogP contribution in [0.4, 0.5) is 0 Å². The van der Waals surface area contributed by atoms with Crippen molar-refractivity contribution in [1.82, 2.24) is 19.9 Å². The van der Waals surface area contributed by atoms with Gasteiger partial charge < -0.3 is 0 Å². The number of benzene rings is 4. The summed E-state index contributed by atoms with van der Waals surface area (Å²) >= 11 is 0. The van der Waals surface area contributed by atoms with Crippen LogP contribution in [0.2, 0.25) is 0 Å². The molecule has 0 saturated carbocycles. The molecule has 0 N–H and O–H groups in total. The highest BCUT2D eigenvalue weighted by Crippen LogP contribution is 2.31.